The van der Waals surface area contributed by atoms with E-state index in [0.717, 1.165) is 48.7 Å². The van der Waals surface area contributed by atoms with E-state index < -0.39 is 0 Å². The Balaban J connectivity index is 1.86. The number of hydrogen-bond donors (Lipinski definition) is 1. The zero-order valence-corrected chi connectivity index (χ0v) is 12.2. The highest BCUT2D eigenvalue weighted by Crippen LogP contribution is 2.24. The predicted molar refractivity (Wildman–Crippen MR) is 84.3 cm³/mol. The molecule has 1 aliphatic heterocycles. The molecule has 0 aliphatic carbocycles. The van der Waals surface area contributed by atoms with Gasteiger partial charge in [-0.3, -0.25) is 4.79 Å². The number of rotatable bonds is 3. The number of carbonyl (C=O) groups is 1. The molecule has 1 N–H and O–H groups in total. The van der Waals surface area contributed by atoms with Crippen LogP contribution in [0.25, 0.3) is 10.8 Å². The SMILES string of the molecule is O=C(c1cccc2ccccc12)N1CCCC(CCO)C1. The van der Waals surface area contributed by atoms with Crippen LogP contribution >= 0.6 is 0 Å². The molecule has 0 saturated carbocycles. The minimum Gasteiger partial charge on any atom is -0.396 e. The van der Waals surface area contributed by atoms with Crippen molar-refractivity contribution in [2.75, 3.05) is 19.7 Å². The van der Waals surface area contributed by atoms with Gasteiger partial charge in [0.1, 0.15) is 0 Å². The highest BCUT2D eigenvalue weighted by atomic mass is 16.3. The Hall–Kier alpha value is -1.87. The molecule has 1 atom stereocenters. The highest BCUT2D eigenvalue weighted by molar-refractivity contribution is 6.07. The van der Waals surface area contributed by atoms with Gasteiger partial charge in [-0.25, -0.2) is 0 Å². The van der Waals surface area contributed by atoms with Gasteiger partial charge in [0.15, 0.2) is 0 Å². The van der Waals surface area contributed by atoms with E-state index in [9.17, 15) is 4.79 Å². The number of nitrogens with zero attached hydrogens (tertiary/aromatic N) is 1. The fourth-order valence-electron chi connectivity index (χ4n) is 3.25. The zero-order valence-electron chi connectivity index (χ0n) is 12.2. The molecule has 0 spiro atoms. The number of hydrogen-bond acceptors (Lipinski definition) is 2. The molecular weight excluding hydrogens is 262 g/mol. The lowest BCUT2D eigenvalue weighted by Crippen LogP contribution is -2.40. The molecule has 21 heavy (non-hydrogen) atoms. The molecule has 1 fully saturated rings. The molecule has 3 heteroatoms. The molecule has 3 nitrogen and oxygen atoms in total. The van der Waals surface area contributed by atoms with Gasteiger partial charge in [-0.1, -0.05) is 36.4 Å². The summed E-state index contributed by atoms with van der Waals surface area (Å²) in [5.41, 5.74) is 0.790. The Morgan fingerprint density at radius 3 is 2.86 bits per heavy atom. The molecule has 0 bridgehead atoms. The molecule has 1 saturated heterocycles. The largest absolute Gasteiger partial charge is 0.396 e. The van der Waals surface area contributed by atoms with Gasteiger partial charge in [-0.15, -0.1) is 0 Å². The fourth-order valence-corrected chi connectivity index (χ4v) is 3.25. The molecule has 0 aromatic heterocycles. The summed E-state index contributed by atoms with van der Waals surface area (Å²) in [5, 5.41) is 11.2. The Labute approximate surface area is 125 Å². The molecule has 110 valence electrons. The van der Waals surface area contributed by atoms with E-state index in [4.69, 9.17) is 5.11 Å². The summed E-state index contributed by atoms with van der Waals surface area (Å²) in [6, 6.07) is 13.9. The van der Waals surface area contributed by atoms with E-state index in [0.29, 0.717) is 5.92 Å². The first-order chi connectivity index (χ1) is 10.3. The van der Waals surface area contributed by atoms with Gasteiger partial charge < -0.3 is 10.0 Å². The van der Waals surface area contributed by atoms with Gasteiger partial charge in [-0.2, -0.15) is 0 Å². The Bertz CT molecular complexity index is 631. The summed E-state index contributed by atoms with van der Waals surface area (Å²) in [6.07, 6.45) is 2.93. The van der Waals surface area contributed by atoms with Crippen LogP contribution in [0.15, 0.2) is 42.5 Å². The lowest BCUT2D eigenvalue weighted by atomic mass is 9.94. The summed E-state index contributed by atoms with van der Waals surface area (Å²) in [4.78, 5) is 14.8. The van der Waals surface area contributed by atoms with Gasteiger partial charge in [0, 0.05) is 25.3 Å². The van der Waals surface area contributed by atoms with Crippen molar-refractivity contribution in [3.8, 4) is 0 Å². The second-order valence-corrected chi connectivity index (χ2v) is 5.80. The number of aliphatic hydroxyl groups is 1. The molecule has 1 unspecified atom stereocenters. The second kappa shape index (κ2) is 6.27. The smallest absolute Gasteiger partial charge is 0.254 e. The number of aliphatic hydroxyl groups excluding tert-OH is 1. The van der Waals surface area contributed by atoms with E-state index in [2.05, 4.69) is 0 Å². The standard InChI is InChI=1S/C18H21NO2/c20-12-10-14-5-4-11-19(13-14)18(21)17-9-3-7-15-6-1-2-8-16(15)17/h1-3,6-9,14,20H,4-5,10-13H2. The van der Waals surface area contributed by atoms with Gasteiger partial charge in [0.05, 0.1) is 0 Å². The lowest BCUT2D eigenvalue weighted by molar-refractivity contribution is 0.0655. The number of amides is 1. The maximum Gasteiger partial charge on any atom is 0.254 e. The molecule has 1 heterocycles. The maximum atomic E-state index is 12.8. The number of likely N-dealkylation sites (tertiary alicyclic amines) is 1. The Morgan fingerprint density at radius 1 is 1.19 bits per heavy atom. The van der Waals surface area contributed by atoms with E-state index in [1.54, 1.807) is 0 Å². The van der Waals surface area contributed by atoms with Crippen LogP contribution in [0.2, 0.25) is 0 Å². The third-order valence-corrected chi connectivity index (χ3v) is 4.36. The van der Waals surface area contributed by atoms with E-state index in [-0.39, 0.29) is 12.5 Å². The first kappa shape index (κ1) is 14.1. The van der Waals surface area contributed by atoms with Crippen LogP contribution in [0.3, 0.4) is 0 Å². The molecule has 1 amide bonds. The predicted octanol–water partition coefficient (Wildman–Crippen LogP) is 3.07. The number of carbonyl (C=O) groups excluding carboxylic acids is 1. The van der Waals surface area contributed by atoms with Crippen molar-refractivity contribution in [1.29, 1.82) is 0 Å². The Morgan fingerprint density at radius 2 is 2.00 bits per heavy atom. The minimum absolute atomic E-state index is 0.120. The average molecular weight is 283 g/mol. The number of fused-ring (bicyclic) bond motifs is 1. The van der Waals surface area contributed by atoms with Gasteiger partial charge in [-0.05, 0) is 42.0 Å². The molecule has 0 radical (unpaired) electrons. The topological polar surface area (TPSA) is 40.5 Å². The van der Waals surface area contributed by atoms with E-state index in [1.165, 1.54) is 0 Å². The van der Waals surface area contributed by atoms with Crippen LogP contribution < -0.4 is 0 Å². The van der Waals surface area contributed by atoms with Crippen molar-refractivity contribution in [3.63, 3.8) is 0 Å². The van der Waals surface area contributed by atoms with Crippen molar-refractivity contribution in [1.82, 2.24) is 4.90 Å². The third-order valence-electron chi connectivity index (χ3n) is 4.36. The lowest BCUT2D eigenvalue weighted by Gasteiger charge is -2.32. The van der Waals surface area contributed by atoms with Crippen molar-refractivity contribution < 1.29 is 9.90 Å². The van der Waals surface area contributed by atoms with Crippen LogP contribution in [0.1, 0.15) is 29.6 Å². The average Bonchev–Trinajstić information content (AvgIpc) is 2.54. The molecule has 1 aliphatic rings. The van der Waals surface area contributed by atoms with Crippen molar-refractivity contribution in [3.05, 3.63) is 48.0 Å². The molecule has 2 aromatic rings. The number of benzene rings is 2. The summed E-state index contributed by atoms with van der Waals surface area (Å²) in [7, 11) is 0. The van der Waals surface area contributed by atoms with Crippen molar-refractivity contribution in [2.24, 2.45) is 5.92 Å². The second-order valence-electron chi connectivity index (χ2n) is 5.80. The zero-order chi connectivity index (χ0) is 14.7. The summed E-state index contributed by atoms with van der Waals surface area (Å²) in [5.74, 6) is 0.553. The normalized spacial score (nSPS) is 18.9. The number of piperidine rings is 1. The van der Waals surface area contributed by atoms with Crippen LogP contribution in [0.5, 0.6) is 0 Å². The maximum absolute atomic E-state index is 12.8. The highest BCUT2D eigenvalue weighted by Gasteiger charge is 2.24. The minimum atomic E-state index is 0.120. The van der Waals surface area contributed by atoms with Gasteiger partial charge >= 0.3 is 0 Å². The summed E-state index contributed by atoms with van der Waals surface area (Å²) < 4.78 is 0. The summed E-state index contributed by atoms with van der Waals surface area (Å²) >= 11 is 0. The molecular formula is C18H21NO2. The molecule has 3 rings (SSSR count). The summed E-state index contributed by atoms with van der Waals surface area (Å²) in [6.45, 7) is 1.80. The van der Waals surface area contributed by atoms with E-state index in [1.807, 2.05) is 47.4 Å². The van der Waals surface area contributed by atoms with Crippen LogP contribution in [0.4, 0.5) is 0 Å². The monoisotopic (exact) mass is 283 g/mol. The van der Waals surface area contributed by atoms with Crippen molar-refractivity contribution >= 4 is 16.7 Å². The van der Waals surface area contributed by atoms with Crippen molar-refractivity contribution in [2.45, 2.75) is 19.3 Å². The Kier molecular flexibility index (Phi) is 4.20. The first-order valence-corrected chi connectivity index (χ1v) is 7.67. The first-order valence-electron chi connectivity index (χ1n) is 7.67. The van der Waals surface area contributed by atoms with Crippen LogP contribution in [0, 0.1) is 5.92 Å². The van der Waals surface area contributed by atoms with Gasteiger partial charge in [0.2, 0.25) is 0 Å². The third kappa shape index (κ3) is 2.93. The van der Waals surface area contributed by atoms with E-state index >= 15 is 0 Å². The van der Waals surface area contributed by atoms with Crippen LogP contribution in [-0.2, 0) is 0 Å². The van der Waals surface area contributed by atoms with Crippen LogP contribution in [-0.4, -0.2) is 35.6 Å². The quantitative estimate of drug-likeness (QED) is 0.940. The fraction of sp³-hybridized carbons (Fsp3) is 0.389. The molecule has 2 aromatic carbocycles. The van der Waals surface area contributed by atoms with Gasteiger partial charge in [0.25, 0.3) is 5.91 Å².